The van der Waals surface area contributed by atoms with Crippen LogP contribution in [-0.2, 0) is 16.1 Å². The van der Waals surface area contributed by atoms with E-state index in [1.807, 2.05) is 0 Å². The highest BCUT2D eigenvalue weighted by atomic mass is 19.1. The molecule has 0 saturated carbocycles. The number of carbonyl (C=O) groups is 2. The maximum atomic E-state index is 14.6. The van der Waals surface area contributed by atoms with Crippen LogP contribution in [0.15, 0.2) is 67.4 Å². The van der Waals surface area contributed by atoms with Gasteiger partial charge in [0.2, 0.25) is 18.8 Å². The Labute approximate surface area is 200 Å². The van der Waals surface area contributed by atoms with E-state index < -0.39 is 23.8 Å². The summed E-state index contributed by atoms with van der Waals surface area (Å²) in [6.07, 6.45) is 1.66. The van der Waals surface area contributed by atoms with Crippen LogP contribution in [0.5, 0.6) is 28.9 Å². The molecule has 3 aromatic rings. The van der Waals surface area contributed by atoms with Crippen molar-refractivity contribution in [1.82, 2.24) is 10.3 Å². The second kappa shape index (κ2) is 10.6. The van der Waals surface area contributed by atoms with Crippen molar-refractivity contribution in [2.45, 2.75) is 12.6 Å². The predicted molar refractivity (Wildman–Crippen MR) is 121 cm³/mol. The van der Waals surface area contributed by atoms with Gasteiger partial charge in [0.05, 0.1) is 7.11 Å². The van der Waals surface area contributed by atoms with E-state index in [9.17, 15) is 14.0 Å². The number of esters is 1. The number of aromatic nitrogens is 1. The van der Waals surface area contributed by atoms with Crippen molar-refractivity contribution < 1.29 is 37.7 Å². The standard InChI is InChI=1S/C25H21FN2O7/c1-3-20(25(30)31-2)34-16-7-6-15(19(26)11-16)13-28-23(29)18-5-4-10-27-24(18)35-17-8-9-21-22(12-17)33-14-32-21/h3-12,20H,1,13-14H2,2H3,(H,28,29)/t20-/m1/s1. The van der Waals surface area contributed by atoms with Gasteiger partial charge in [-0.1, -0.05) is 12.6 Å². The van der Waals surface area contributed by atoms with Crippen molar-refractivity contribution in [2.24, 2.45) is 0 Å². The molecule has 0 bridgehead atoms. The first kappa shape index (κ1) is 23.6. The summed E-state index contributed by atoms with van der Waals surface area (Å²) in [5.41, 5.74) is 0.374. The Balaban J connectivity index is 1.42. The van der Waals surface area contributed by atoms with Crippen LogP contribution in [0, 0.1) is 5.82 Å². The molecule has 0 unspecified atom stereocenters. The van der Waals surface area contributed by atoms with Crippen molar-refractivity contribution in [3.63, 3.8) is 0 Å². The topological polar surface area (TPSA) is 105 Å². The van der Waals surface area contributed by atoms with Gasteiger partial charge in [0, 0.05) is 30.4 Å². The van der Waals surface area contributed by atoms with Crippen molar-refractivity contribution in [3.05, 3.63) is 84.3 Å². The highest BCUT2D eigenvalue weighted by molar-refractivity contribution is 5.96. The van der Waals surface area contributed by atoms with E-state index in [0.717, 1.165) is 6.07 Å². The first-order valence-corrected chi connectivity index (χ1v) is 10.4. The zero-order chi connectivity index (χ0) is 24.8. The molecule has 35 heavy (non-hydrogen) atoms. The Kier molecular flexibility index (Phi) is 7.10. The highest BCUT2D eigenvalue weighted by Gasteiger charge is 2.19. The van der Waals surface area contributed by atoms with Gasteiger partial charge in [-0.2, -0.15) is 0 Å². The number of hydrogen-bond donors (Lipinski definition) is 1. The van der Waals surface area contributed by atoms with Crippen LogP contribution >= 0.6 is 0 Å². The molecule has 0 fully saturated rings. The molecule has 4 rings (SSSR count). The SMILES string of the molecule is C=C[C@@H](Oc1ccc(CNC(=O)c2cccnc2Oc2ccc3c(c2)OCO3)c(F)c1)C(=O)OC. The van der Waals surface area contributed by atoms with Crippen LogP contribution in [0.25, 0.3) is 0 Å². The Morgan fingerprint density at radius 3 is 2.74 bits per heavy atom. The number of carbonyl (C=O) groups excluding carboxylic acids is 2. The molecule has 1 aliphatic heterocycles. The maximum absolute atomic E-state index is 14.6. The molecule has 0 saturated heterocycles. The summed E-state index contributed by atoms with van der Waals surface area (Å²) >= 11 is 0. The zero-order valence-corrected chi connectivity index (χ0v) is 18.7. The van der Waals surface area contributed by atoms with Crippen molar-refractivity contribution in [1.29, 1.82) is 0 Å². The second-order valence-electron chi connectivity index (χ2n) is 7.21. The molecule has 10 heteroatoms. The lowest BCUT2D eigenvalue weighted by Crippen LogP contribution is -2.26. The lowest BCUT2D eigenvalue weighted by molar-refractivity contribution is -0.146. The number of halogens is 1. The first-order chi connectivity index (χ1) is 17.0. The minimum Gasteiger partial charge on any atom is -0.474 e. The Bertz CT molecular complexity index is 1260. The molecule has 1 atom stereocenters. The van der Waals surface area contributed by atoms with E-state index in [1.54, 1.807) is 30.3 Å². The minimum absolute atomic E-state index is 0.0753. The molecule has 1 aromatic heterocycles. The van der Waals surface area contributed by atoms with Crippen molar-refractivity contribution in [3.8, 4) is 28.9 Å². The van der Waals surface area contributed by atoms with Gasteiger partial charge in [0.25, 0.3) is 5.91 Å². The molecule has 1 N–H and O–H groups in total. The molecule has 180 valence electrons. The first-order valence-electron chi connectivity index (χ1n) is 10.4. The summed E-state index contributed by atoms with van der Waals surface area (Å²) in [5.74, 6) is -0.0748. The summed E-state index contributed by atoms with van der Waals surface area (Å²) in [5, 5.41) is 2.65. The van der Waals surface area contributed by atoms with Crippen molar-refractivity contribution in [2.75, 3.05) is 13.9 Å². The molecule has 0 aliphatic carbocycles. The summed E-state index contributed by atoms with van der Waals surface area (Å²) < 4.78 is 41.0. The lowest BCUT2D eigenvalue weighted by Gasteiger charge is -2.14. The smallest absolute Gasteiger partial charge is 0.351 e. The highest BCUT2D eigenvalue weighted by Crippen LogP contribution is 2.36. The van der Waals surface area contributed by atoms with Crippen LogP contribution in [0.1, 0.15) is 15.9 Å². The molecule has 1 aliphatic rings. The van der Waals surface area contributed by atoms with Crippen LogP contribution in [0.3, 0.4) is 0 Å². The number of pyridine rings is 1. The van der Waals surface area contributed by atoms with E-state index >= 15 is 0 Å². The van der Waals surface area contributed by atoms with E-state index in [-0.39, 0.29) is 36.1 Å². The molecule has 9 nitrogen and oxygen atoms in total. The third-order valence-electron chi connectivity index (χ3n) is 4.95. The molecule has 1 amide bonds. The Hall–Kier alpha value is -4.60. The lowest BCUT2D eigenvalue weighted by atomic mass is 10.2. The number of fused-ring (bicyclic) bond motifs is 1. The predicted octanol–water partition coefficient (Wildman–Crippen LogP) is 3.78. The van der Waals surface area contributed by atoms with Crippen molar-refractivity contribution >= 4 is 11.9 Å². The molecule has 0 spiro atoms. The van der Waals surface area contributed by atoms with Gasteiger partial charge in [0.1, 0.15) is 22.9 Å². The van der Waals surface area contributed by atoms with Gasteiger partial charge in [-0.15, -0.1) is 0 Å². The summed E-state index contributed by atoms with van der Waals surface area (Å²) in [7, 11) is 1.21. The number of rotatable bonds is 9. The zero-order valence-electron chi connectivity index (χ0n) is 18.7. The van der Waals surface area contributed by atoms with E-state index in [4.69, 9.17) is 18.9 Å². The van der Waals surface area contributed by atoms with Gasteiger partial charge < -0.3 is 29.0 Å². The number of ether oxygens (including phenoxy) is 5. The monoisotopic (exact) mass is 480 g/mol. The molecular formula is C25H21FN2O7. The fourth-order valence-corrected chi connectivity index (χ4v) is 3.17. The van der Waals surface area contributed by atoms with E-state index in [0.29, 0.717) is 17.2 Å². The van der Waals surface area contributed by atoms with Gasteiger partial charge in [0.15, 0.2) is 11.5 Å². The average Bonchev–Trinajstić information content (AvgIpc) is 3.34. The number of nitrogens with zero attached hydrogens (tertiary/aromatic N) is 1. The molecule has 2 heterocycles. The fourth-order valence-electron chi connectivity index (χ4n) is 3.17. The van der Waals surface area contributed by atoms with Crippen LogP contribution in [0.4, 0.5) is 4.39 Å². The maximum Gasteiger partial charge on any atom is 0.351 e. The van der Waals surface area contributed by atoms with Gasteiger partial charge in [-0.25, -0.2) is 14.2 Å². The average molecular weight is 480 g/mol. The number of nitrogens with one attached hydrogen (secondary N) is 1. The second-order valence-corrected chi connectivity index (χ2v) is 7.21. The fraction of sp³-hybridized carbons (Fsp3) is 0.160. The van der Waals surface area contributed by atoms with Gasteiger partial charge in [-0.05, 0) is 36.4 Å². The molecular weight excluding hydrogens is 459 g/mol. The summed E-state index contributed by atoms with van der Waals surface area (Å²) in [6.45, 7) is 3.52. The van der Waals surface area contributed by atoms with Crippen LogP contribution in [0.2, 0.25) is 0 Å². The molecule has 0 radical (unpaired) electrons. The quantitative estimate of drug-likeness (QED) is 0.365. The number of methoxy groups -OCH3 is 1. The van der Waals surface area contributed by atoms with Gasteiger partial charge in [-0.3, -0.25) is 4.79 Å². The number of amides is 1. The normalized spacial score (nSPS) is 12.4. The Morgan fingerprint density at radius 2 is 1.97 bits per heavy atom. The van der Waals surface area contributed by atoms with Crippen LogP contribution < -0.4 is 24.3 Å². The number of hydrogen-bond acceptors (Lipinski definition) is 8. The van der Waals surface area contributed by atoms with Crippen LogP contribution in [-0.4, -0.2) is 36.9 Å². The summed E-state index contributed by atoms with van der Waals surface area (Å²) in [4.78, 5) is 28.6. The van der Waals surface area contributed by atoms with E-state index in [1.165, 1.54) is 31.5 Å². The third-order valence-corrected chi connectivity index (χ3v) is 4.95. The largest absolute Gasteiger partial charge is 0.474 e. The third kappa shape index (κ3) is 5.49. The Morgan fingerprint density at radius 1 is 1.17 bits per heavy atom. The summed E-state index contributed by atoms with van der Waals surface area (Å²) in [6, 6.07) is 12.1. The minimum atomic E-state index is -1.07. The number of benzene rings is 2. The molecule has 2 aromatic carbocycles. The van der Waals surface area contributed by atoms with E-state index in [2.05, 4.69) is 21.6 Å². The van der Waals surface area contributed by atoms with Gasteiger partial charge >= 0.3 is 5.97 Å².